The van der Waals surface area contributed by atoms with Crippen molar-refractivity contribution in [2.75, 3.05) is 12.4 Å². The Bertz CT molecular complexity index is 406. The van der Waals surface area contributed by atoms with Crippen molar-refractivity contribution < 1.29 is 14.6 Å². The number of thioether (sulfide) groups is 1. The highest BCUT2D eigenvalue weighted by Crippen LogP contribution is 2.23. The van der Waals surface area contributed by atoms with Crippen molar-refractivity contribution >= 4 is 16.9 Å². The Morgan fingerprint density at radius 1 is 1.29 bits per heavy atom. The average molecular weight is 310 g/mol. The lowest BCUT2D eigenvalue weighted by Crippen LogP contribution is -2.32. The summed E-state index contributed by atoms with van der Waals surface area (Å²) in [5.74, 6) is 0.774. The lowest BCUT2D eigenvalue weighted by Gasteiger charge is -2.23. The fourth-order valence-electron chi connectivity index (χ4n) is 2.16. The molecule has 21 heavy (non-hydrogen) atoms. The molecule has 1 rings (SSSR count). The monoisotopic (exact) mass is 310 g/mol. The van der Waals surface area contributed by atoms with Gasteiger partial charge in [0.05, 0.1) is 25.2 Å². The molecule has 0 aliphatic carbocycles. The number of hydrogen-bond donors (Lipinski definition) is 1. The first kappa shape index (κ1) is 18.2. The van der Waals surface area contributed by atoms with Crippen LogP contribution in [0.2, 0.25) is 0 Å². The molecule has 0 spiro atoms. The first-order chi connectivity index (χ1) is 10.0. The van der Waals surface area contributed by atoms with Crippen molar-refractivity contribution in [1.82, 2.24) is 0 Å². The maximum Gasteiger partial charge on any atom is 0.194 e. The van der Waals surface area contributed by atoms with E-state index in [0.29, 0.717) is 18.9 Å². The van der Waals surface area contributed by atoms with E-state index in [4.69, 9.17) is 4.74 Å². The molecule has 0 unspecified atom stereocenters. The number of rotatable bonds is 9. The fraction of sp³-hybridized carbons (Fsp3) is 0.588. The summed E-state index contributed by atoms with van der Waals surface area (Å²) in [5.41, 5.74) is 1.07. The third-order valence-corrected chi connectivity index (χ3v) is 4.06. The van der Waals surface area contributed by atoms with Gasteiger partial charge in [0, 0.05) is 0 Å². The summed E-state index contributed by atoms with van der Waals surface area (Å²) in [4.78, 5) is 12.1. The van der Waals surface area contributed by atoms with E-state index in [1.54, 1.807) is 0 Å². The van der Waals surface area contributed by atoms with E-state index in [2.05, 4.69) is 13.8 Å². The lowest BCUT2D eigenvalue weighted by molar-refractivity contribution is -0.120. The average Bonchev–Trinajstić information content (AvgIpc) is 2.45. The van der Waals surface area contributed by atoms with Crippen LogP contribution in [-0.4, -0.2) is 28.7 Å². The Hall–Kier alpha value is -0.840. The Balaban J connectivity index is 2.47. The second-order valence-corrected chi connectivity index (χ2v) is 6.82. The van der Waals surface area contributed by atoms with Crippen molar-refractivity contribution in [3.05, 3.63) is 35.9 Å². The van der Waals surface area contributed by atoms with E-state index < -0.39 is 6.10 Å². The van der Waals surface area contributed by atoms with E-state index in [1.165, 1.54) is 11.8 Å². The molecule has 0 aromatic heterocycles. The SMILES string of the molecule is CCSC(=O)[C@H](CC(C)C)[C@H](O)COCc1ccccc1. The zero-order valence-electron chi connectivity index (χ0n) is 13.1. The third-order valence-electron chi connectivity index (χ3n) is 3.18. The minimum atomic E-state index is -0.734. The summed E-state index contributed by atoms with van der Waals surface area (Å²) >= 11 is 1.29. The molecule has 4 heteroatoms. The van der Waals surface area contributed by atoms with Gasteiger partial charge in [0.15, 0.2) is 5.12 Å². The summed E-state index contributed by atoms with van der Waals surface area (Å²) in [6, 6.07) is 9.83. The van der Waals surface area contributed by atoms with Crippen molar-refractivity contribution in [3.8, 4) is 0 Å². The van der Waals surface area contributed by atoms with Gasteiger partial charge in [-0.2, -0.15) is 0 Å². The molecule has 0 aliphatic rings. The normalized spacial score (nSPS) is 14.1. The zero-order chi connectivity index (χ0) is 15.7. The molecule has 0 radical (unpaired) electrons. The van der Waals surface area contributed by atoms with Gasteiger partial charge in [-0.1, -0.05) is 62.9 Å². The number of ether oxygens (including phenoxy) is 1. The summed E-state index contributed by atoms with van der Waals surface area (Å²) in [6.07, 6.45) is -0.0375. The molecule has 0 bridgehead atoms. The van der Waals surface area contributed by atoms with Gasteiger partial charge < -0.3 is 9.84 Å². The van der Waals surface area contributed by atoms with Crippen LogP contribution in [0.25, 0.3) is 0 Å². The predicted molar refractivity (Wildman–Crippen MR) is 88.2 cm³/mol. The maximum absolute atomic E-state index is 12.1. The van der Waals surface area contributed by atoms with E-state index in [0.717, 1.165) is 11.3 Å². The van der Waals surface area contributed by atoms with E-state index >= 15 is 0 Å². The Labute approximate surface area is 132 Å². The van der Waals surface area contributed by atoms with Gasteiger partial charge in [0.1, 0.15) is 0 Å². The minimum absolute atomic E-state index is 0.0713. The van der Waals surface area contributed by atoms with Gasteiger partial charge in [-0.25, -0.2) is 0 Å². The highest BCUT2D eigenvalue weighted by Gasteiger charge is 2.27. The molecule has 1 aromatic rings. The Kier molecular flexibility index (Phi) is 8.66. The summed E-state index contributed by atoms with van der Waals surface area (Å²) in [6.45, 7) is 6.74. The van der Waals surface area contributed by atoms with Gasteiger partial charge >= 0.3 is 0 Å². The fourth-order valence-corrected chi connectivity index (χ4v) is 2.91. The molecule has 1 N–H and O–H groups in total. The lowest BCUT2D eigenvalue weighted by atomic mass is 9.93. The number of aliphatic hydroxyl groups excluding tert-OH is 1. The molecule has 0 amide bonds. The number of hydrogen-bond acceptors (Lipinski definition) is 4. The van der Waals surface area contributed by atoms with Gasteiger partial charge in [-0.3, -0.25) is 4.79 Å². The molecule has 0 saturated heterocycles. The van der Waals surface area contributed by atoms with Crippen molar-refractivity contribution in [2.24, 2.45) is 11.8 Å². The van der Waals surface area contributed by atoms with Crippen LogP contribution in [0, 0.1) is 11.8 Å². The highest BCUT2D eigenvalue weighted by atomic mass is 32.2. The van der Waals surface area contributed by atoms with Crippen molar-refractivity contribution in [1.29, 1.82) is 0 Å². The molecule has 0 aliphatic heterocycles. The summed E-state index contributed by atoms with van der Waals surface area (Å²) in [7, 11) is 0. The van der Waals surface area contributed by atoms with Crippen molar-refractivity contribution in [3.63, 3.8) is 0 Å². The molecule has 118 valence electrons. The summed E-state index contributed by atoms with van der Waals surface area (Å²) < 4.78 is 5.56. The van der Waals surface area contributed by atoms with Crippen molar-refractivity contribution in [2.45, 2.75) is 39.9 Å². The molecule has 1 aromatic carbocycles. The number of carbonyl (C=O) groups excluding carboxylic acids is 1. The highest BCUT2D eigenvalue weighted by molar-refractivity contribution is 8.13. The van der Waals surface area contributed by atoms with Gasteiger partial charge in [0.2, 0.25) is 0 Å². The predicted octanol–water partition coefficient (Wildman–Crippen LogP) is 3.51. The molecule has 0 saturated carbocycles. The smallest absolute Gasteiger partial charge is 0.194 e. The van der Waals surface area contributed by atoms with Crippen LogP contribution in [0.5, 0.6) is 0 Å². The van der Waals surface area contributed by atoms with E-state index in [-0.39, 0.29) is 17.6 Å². The number of benzene rings is 1. The van der Waals surface area contributed by atoms with Gasteiger partial charge in [0.25, 0.3) is 0 Å². The van der Waals surface area contributed by atoms with E-state index in [1.807, 2.05) is 37.3 Å². The number of aliphatic hydroxyl groups is 1. The largest absolute Gasteiger partial charge is 0.390 e. The molecular formula is C17H26O3S. The molecule has 0 heterocycles. The molecule has 2 atom stereocenters. The summed E-state index contributed by atoms with van der Waals surface area (Å²) in [5, 5.41) is 10.3. The standard InChI is InChI=1S/C17H26O3S/c1-4-21-17(19)15(10-13(2)3)16(18)12-20-11-14-8-6-5-7-9-14/h5-9,13,15-16,18H,4,10-12H2,1-3H3/t15-,16-/m1/s1. The quantitative estimate of drug-likeness (QED) is 0.758. The zero-order valence-corrected chi connectivity index (χ0v) is 13.9. The molecular weight excluding hydrogens is 284 g/mol. The minimum Gasteiger partial charge on any atom is -0.390 e. The van der Waals surface area contributed by atoms with Crippen LogP contribution in [0.1, 0.15) is 32.8 Å². The third kappa shape index (κ3) is 7.11. The number of carbonyl (C=O) groups is 1. The van der Waals surface area contributed by atoms with Gasteiger partial charge in [-0.05, 0) is 23.7 Å². The van der Waals surface area contributed by atoms with Crippen LogP contribution in [0.4, 0.5) is 0 Å². The van der Waals surface area contributed by atoms with E-state index in [9.17, 15) is 9.90 Å². The Morgan fingerprint density at radius 2 is 1.95 bits per heavy atom. The maximum atomic E-state index is 12.1. The second-order valence-electron chi connectivity index (χ2n) is 5.56. The van der Waals surface area contributed by atoms with Crippen LogP contribution in [0.15, 0.2) is 30.3 Å². The second kappa shape index (κ2) is 9.98. The van der Waals surface area contributed by atoms with Crippen LogP contribution >= 0.6 is 11.8 Å². The first-order valence-electron chi connectivity index (χ1n) is 7.51. The van der Waals surface area contributed by atoms with Crippen LogP contribution in [-0.2, 0) is 16.1 Å². The molecule has 0 fully saturated rings. The first-order valence-corrected chi connectivity index (χ1v) is 8.49. The topological polar surface area (TPSA) is 46.5 Å². The Morgan fingerprint density at radius 3 is 2.52 bits per heavy atom. The van der Waals surface area contributed by atoms with Gasteiger partial charge in [-0.15, -0.1) is 0 Å². The van der Waals surface area contributed by atoms with Crippen LogP contribution < -0.4 is 0 Å². The van der Waals surface area contributed by atoms with Crippen LogP contribution in [0.3, 0.4) is 0 Å². The molecule has 3 nitrogen and oxygen atoms in total.